The third-order valence-electron chi connectivity index (χ3n) is 2.63. The number of nitrogens with zero attached hydrogens (tertiary/aromatic N) is 2. The van der Waals surface area contributed by atoms with E-state index in [4.69, 9.17) is 0 Å². The number of carbonyl (C=O) groups is 1. The molecule has 1 aromatic heterocycles. The maximum Gasteiger partial charge on any atom is 0.362 e. The predicted octanol–water partition coefficient (Wildman–Crippen LogP) is 2.07. The molecule has 0 unspecified atom stereocenters. The van der Waals surface area contributed by atoms with Crippen molar-refractivity contribution in [1.29, 1.82) is 0 Å². The van der Waals surface area contributed by atoms with Crippen molar-refractivity contribution in [3.8, 4) is 5.69 Å². The van der Waals surface area contributed by atoms with Gasteiger partial charge in [0.2, 0.25) is 11.1 Å². The zero-order valence-electron chi connectivity index (χ0n) is 10.7. The van der Waals surface area contributed by atoms with Crippen LogP contribution in [0.2, 0.25) is 0 Å². The third kappa shape index (κ3) is 2.72. The Morgan fingerprint density at radius 1 is 1.45 bits per heavy atom. The number of rotatable bonds is 2. The van der Waals surface area contributed by atoms with E-state index in [1.807, 2.05) is 22.6 Å². The molecular weight excluding hydrogens is 378 g/mol. The van der Waals surface area contributed by atoms with Crippen LogP contribution in [-0.2, 0) is 4.74 Å². The SMILES string of the molecule is COC(=O)c1nn(-c2ccc(I)cc2F)cc(C)c1=O. The van der Waals surface area contributed by atoms with Crippen LogP contribution in [0.4, 0.5) is 4.39 Å². The van der Waals surface area contributed by atoms with Gasteiger partial charge in [-0.3, -0.25) is 4.79 Å². The average molecular weight is 388 g/mol. The van der Waals surface area contributed by atoms with Gasteiger partial charge in [-0.1, -0.05) is 0 Å². The Bertz CT molecular complexity index is 743. The monoisotopic (exact) mass is 388 g/mol. The van der Waals surface area contributed by atoms with Crippen LogP contribution in [0.15, 0.2) is 29.2 Å². The molecule has 0 radical (unpaired) electrons. The third-order valence-corrected chi connectivity index (χ3v) is 3.30. The number of aryl methyl sites for hydroxylation is 1. The summed E-state index contributed by atoms with van der Waals surface area (Å²) in [6.45, 7) is 1.53. The molecule has 0 saturated carbocycles. The fraction of sp³-hybridized carbons (Fsp3) is 0.154. The van der Waals surface area contributed by atoms with Crippen LogP contribution in [0.25, 0.3) is 5.69 Å². The lowest BCUT2D eigenvalue weighted by Gasteiger charge is -2.09. The smallest absolute Gasteiger partial charge is 0.362 e. The second-order valence-corrected chi connectivity index (χ2v) is 5.27. The summed E-state index contributed by atoms with van der Waals surface area (Å²) >= 11 is 1.98. The van der Waals surface area contributed by atoms with E-state index in [0.717, 1.165) is 15.4 Å². The van der Waals surface area contributed by atoms with Gasteiger partial charge in [-0.25, -0.2) is 13.9 Å². The number of methoxy groups -OCH3 is 1. The predicted molar refractivity (Wildman–Crippen MR) is 78.6 cm³/mol. The van der Waals surface area contributed by atoms with E-state index in [2.05, 4.69) is 9.84 Å². The summed E-state index contributed by atoms with van der Waals surface area (Å²) in [5, 5.41) is 3.85. The lowest BCUT2D eigenvalue weighted by Crippen LogP contribution is -2.24. The molecule has 7 heteroatoms. The van der Waals surface area contributed by atoms with E-state index < -0.39 is 17.2 Å². The van der Waals surface area contributed by atoms with Crippen LogP contribution >= 0.6 is 22.6 Å². The van der Waals surface area contributed by atoms with Gasteiger partial charge in [-0.2, -0.15) is 5.10 Å². The van der Waals surface area contributed by atoms with Crippen molar-refractivity contribution in [2.45, 2.75) is 6.92 Å². The molecule has 0 atom stereocenters. The number of ether oxygens (including phenoxy) is 1. The maximum atomic E-state index is 13.9. The summed E-state index contributed by atoms with van der Waals surface area (Å²) < 4.78 is 20.3. The van der Waals surface area contributed by atoms with Crippen LogP contribution in [-0.4, -0.2) is 22.9 Å². The fourth-order valence-electron chi connectivity index (χ4n) is 1.63. The van der Waals surface area contributed by atoms with Crippen molar-refractivity contribution in [3.05, 3.63) is 55.3 Å². The summed E-state index contributed by atoms with van der Waals surface area (Å²) in [6.07, 6.45) is 1.38. The summed E-state index contributed by atoms with van der Waals surface area (Å²) in [5.74, 6) is -1.35. The van der Waals surface area contributed by atoms with Crippen molar-refractivity contribution < 1.29 is 13.9 Å². The Balaban J connectivity index is 2.67. The molecule has 0 spiro atoms. The number of hydrogen-bond acceptors (Lipinski definition) is 4. The Morgan fingerprint density at radius 3 is 2.75 bits per heavy atom. The Kier molecular flexibility index (Phi) is 4.17. The van der Waals surface area contributed by atoms with E-state index in [1.165, 1.54) is 25.3 Å². The number of hydrogen-bond donors (Lipinski definition) is 0. The molecule has 0 aliphatic heterocycles. The molecule has 0 saturated heterocycles. The molecule has 2 rings (SSSR count). The molecule has 0 fully saturated rings. The molecule has 0 bridgehead atoms. The van der Waals surface area contributed by atoms with Gasteiger partial charge in [0, 0.05) is 15.3 Å². The van der Waals surface area contributed by atoms with Crippen LogP contribution < -0.4 is 5.43 Å². The Labute approximate surface area is 127 Å². The van der Waals surface area contributed by atoms with Crippen LogP contribution in [0.5, 0.6) is 0 Å². The number of halogens is 2. The fourth-order valence-corrected chi connectivity index (χ4v) is 2.08. The Morgan fingerprint density at radius 2 is 2.15 bits per heavy atom. The number of benzene rings is 1. The first kappa shape index (κ1) is 14.6. The van der Waals surface area contributed by atoms with Gasteiger partial charge in [-0.05, 0) is 47.7 Å². The highest BCUT2D eigenvalue weighted by atomic mass is 127. The van der Waals surface area contributed by atoms with Crippen molar-refractivity contribution >= 4 is 28.6 Å². The molecule has 20 heavy (non-hydrogen) atoms. The van der Waals surface area contributed by atoms with Gasteiger partial charge in [0.15, 0.2) is 0 Å². The molecular formula is C13H10FIN2O3. The minimum absolute atomic E-state index is 0.152. The highest BCUT2D eigenvalue weighted by Gasteiger charge is 2.17. The standard InChI is InChI=1S/C13H10FIN2O3/c1-7-6-17(10-4-3-8(15)5-9(10)14)16-11(12(7)18)13(19)20-2/h3-6H,1-2H3. The first-order chi connectivity index (χ1) is 9.43. The summed E-state index contributed by atoms with van der Waals surface area (Å²) in [5.41, 5.74) is -0.471. The molecule has 0 amide bonds. The largest absolute Gasteiger partial charge is 0.464 e. The normalized spacial score (nSPS) is 10.4. The van der Waals surface area contributed by atoms with E-state index in [9.17, 15) is 14.0 Å². The highest BCUT2D eigenvalue weighted by Crippen LogP contribution is 2.15. The zero-order chi connectivity index (χ0) is 14.9. The molecule has 2 aromatic rings. The quantitative estimate of drug-likeness (QED) is 0.584. The Hall–Kier alpha value is -1.77. The van der Waals surface area contributed by atoms with Crippen molar-refractivity contribution in [2.24, 2.45) is 0 Å². The maximum absolute atomic E-state index is 13.9. The van der Waals surface area contributed by atoms with Gasteiger partial charge in [0.1, 0.15) is 11.5 Å². The van der Waals surface area contributed by atoms with Gasteiger partial charge in [0.05, 0.1) is 7.11 Å². The molecule has 1 heterocycles. The first-order valence-electron chi connectivity index (χ1n) is 5.58. The van der Waals surface area contributed by atoms with Gasteiger partial charge >= 0.3 is 5.97 Å². The average Bonchev–Trinajstić information content (AvgIpc) is 2.41. The lowest BCUT2D eigenvalue weighted by molar-refractivity contribution is 0.0590. The highest BCUT2D eigenvalue weighted by molar-refractivity contribution is 14.1. The van der Waals surface area contributed by atoms with E-state index in [0.29, 0.717) is 0 Å². The van der Waals surface area contributed by atoms with E-state index in [1.54, 1.807) is 6.07 Å². The van der Waals surface area contributed by atoms with Crippen LogP contribution in [0, 0.1) is 16.3 Å². The van der Waals surface area contributed by atoms with E-state index in [-0.39, 0.29) is 16.9 Å². The number of aromatic nitrogens is 2. The summed E-state index contributed by atoms with van der Waals surface area (Å²) in [4.78, 5) is 23.3. The zero-order valence-corrected chi connectivity index (χ0v) is 12.8. The minimum Gasteiger partial charge on any atom is -0.464 e. The van der Waals surface area contributed by atoms with Gasteiger partial charge < -0.3 is 4.74 Å². The molecule has 0 N–H and O–H groups in total. The second-order valence-electron chi connectivity index (χ2n) is 4.02. The first-order valence-corrected chi connectivity index (χ1v) is 6.66. The second kappa shape index (κ2) is 5.70. The minimum atomic E-state index is -0.849. The van der Waals surface area contributed by atoms with Crippen molar-refractivity contribution in [2.75, 3.05) is 7.11 Å². The molecule has 5 nitrogen and oxygen atoms in total. The van der Waals surface area contributed by atoms with Crippen LogP contribution in [0.1, 0.15) is 16.1 Å². The number of carbonyl (C=O) groups excluding carboxylic acids is 1. The van der Waals surface area contributed by atoms with Crippen molar-refractivity contribution in [3.63, 3.8) is 0 Å². The molecule has 0 aliphatic rings. The topological polar surface area (TPSA) is 61.2 Å². The van der Waals surface area contributed by atoms with Crippen molar-refractivity contribution in [1.82, 2.24) is 9.78 Å². The van der Waals surface area contributed by atoms with E-state index >= 15 is 0 Å². The molecule has 0 aliphatic carbocycles. The van der Waals surface area contributed by atoms with Gasteiger partial charge in [0.25, 0.3) is 0 Å². The van der Waals surface area contributed by atoms with Gasteiger partial charge in [-0.15, -0.1) is 0 Å². The molecule has 104 valence electrons. The summed E-state index contributed by atoms with van der Waals surface area (Å²) in [6, 6.07) is 4.56. The number of esters is 1. The molecule has 1 aromatic carbocycles. The lowest BCUT2D eigenvalue weighted by atomic mass is 10.2. The summed E-state index contributed by atoms with van der Waals surface area (Å²) in [7, 11) is 1.15. The van der Waals surface area contributed by atoms with Crippen LogP contribution in [0.3, 0.4) is 0 Å².